The molecular formula is C12H8ClNO4. The van der Waals surface area contributed by atoms with Crippen LogP contribution < -0.4 is 4.90 Å². The lowest BCUT2D eigenvalue weighted by atomic mass is 10.2. The second-order valence-electron chi connectivity index (χ2n) is 4.41. The van der Waals surface area contributed by atoms with Crippen LogP contribution in [-0.2, 0) is 14.4 Å². The van der Waals surface area contributed by atoms with Crippen molar-refractivity contribution >= 4 is 35.1 Å². The smallest absolute Gasteiger partial charge is 0.308 e. The lowest BCUT2D eigenvalue weighted by molar-refractivity contribution is -0.142. The Kier molecular flexibility index (Phi) is 2.22. The number of aliphatic carboxylic acids is 1. The van der Waals surface area contributed by atoms with Gasteiger partial charge in [0.25, 0.3) is 0 Å². The zero-order chi connectivity index (χ0) is 13.0. The van der Waals surface area contributed by atoms with Gasteiger partial charge >= 0.3 is 5.97 Å². The molecule has 1 aromatic carbocycles. The summed E-state index contributed by atoms with van der Waals surface area (Å²) in [5.74, 6) is -4.22. The highest BCUT2D eigenvalue weighted by molar-refractivity contribution is 6.32. The Morgan fingerprint density at radius 1 is 1.22 bits per heavy atom. The highest BCUT2D eigenvalue weighted by Crippen LogP contribution is 2.54. The van der Waals surface area contributed by atoms with Crippen molar-refractivity contribution in [1.29, 1.82) is 0 Å². The predicted octanol–water partition coefficient (Wildman–Crippen LogP) is 1.16. The molecule has 3 rings (SSSR count). The lowest BCUT2D eigenvalue weighted by Crippen LogP contribution is -2.35. The number of carbonyl (C=O) groups excluding carboxylic acids is 2. The number of carboxylic acid groups (broad SMARTS) is 1. The summed E-state index contributed by atoms with van der Waals surface area (Å²) in [7, 11) is 0. The van der Waals surface area contributed by atoms with E-state index in [4.69, 9.17) is 16.7 Å². The van der Waals surface area contributed by atoms with Gasteiger partial charge in [-0.1, -0.05) is 17.7 Å². The van der Waals surface area contributed by atoms with Crippen LogP contribution in [0.15, 0.2) is 24.3 Å². The van der Waals surface area contributed by atoms with E-state index in [1.807, 2.05) is 0 Å². The molecule has 5 nitrogen and oxygen atoms in total. The van der Waals surface area contributed by atoms with Gasteiger partial charge in [0.15, 0.2) is 0 Å². The van der Waals surface area contributed by atoms with Crippen LogP contribution in [0.4, 0.5) is 5.69 Å². The molecule has 1 saturated heterocycles. The number of hydrogen-bond acceptors (Lipinski definition) is 3. The molecule has 18 heavy (non-hydrogen) atoms. The van der Waals surface area contributed by atoms with Gasteiger partial charge in [0, 0.05) is 5.02 Å². The van der Waals surface area contributed by atoms with Crippen LogP contribution in [-0.4, -0.2) is 22.9 Å². The Morgan fingerprint density at radius 3 is 2.33 bits per heavy atom. The van der Waals surface area contributed by atoms with Crippen LogP contribution in [0.25, 0.3) is 0 Å². The first-order valence-electron chi connectivity index (χ1n) is 5.38. The second-order valence-corrected chi connectivity index (χ2v) is 4.84. The van der Waals surface area contributed by atoms with E-state index in [1.165, 1.54) is 6.07 Å². The molecule has 0 spiro atoms. The first-order valence-corrected chi connectivity index (χ1v) is 5.76. The highest BCUT2D eigenvalue weighted by atomic mass is 35.5. The number of fused-ring (bicyclic) bond motifs is 1. The van der Waals surface area contributed by atoms with Crippen LogP contribution in [0.5, 0.6) is 0 Å². The van der Waals surface area contributed by atoms with Gasteiger partial charge in [-0.25, -0.2) is 4.90 Å². The molecule has 2 unspecified atom stereocenters. The van der Waals surface area contributed by atoms with Crippen molar-refractivity contribution in [2.45, 2.75) is 0 Å². The fraction of sp³-hybridized carbons (Fsp3) is 0.250. The van der Waals surface area contributed by atoms with E-state index in [1.54, 1.807) is 18.2 Å². The summed E-state index contributed by atoms with van der Waals surface area (Å²) in [4.78, 5) is 35.8. The minimum Gasteiger partial charge on any atom is -0.481 e. The average molecular weight is 266 g/mol. The molecule has 2 atom stereocenters. The molecule has 6 heteroatoms. The first-order chi connectivity index (χ1) is 8.52. The number of nitrogens with zero attached hydrogens (tertiary/aromatic N) is 1. The normalized spacial score (nSPS) is 29.4. The number of halogens is 1. The number of imide groups is 1. The number of piperidine rings is 1. The third-order valence-electron chi connectivity index (χ3n) is 3.38. The lowest BCUT2D eigenvalue weighted by Gasteiger charge is -2.17. The van der Waals surface area contributed by atoms with Gasteiger partial charge in [-0.3, -0.25) is 14.4 Å². The van der Waals surface area contributed by atoms with E-state index in [0.29, 0.717) is 10.7 Å². The first kappa shape index (κ1) is 11.2. The van der Waals surface area contributed by atoms with Crippen LogP contribution in [0, 0.1) is 17.8 Å². The summed E-state index contributed by atoms with van der Waals surface area (Å²) >= 11 is 5.80. The van der Waals surface area contributed by atoms with Gasteiger partial charge in [0.1, 0.15) is 0 Å². The van der Waals surface area contributed by atoms with Crippen molar-refractivity contribution in [2.24, 2.45) is 17.8 Å². The maximum absolute atomic E-state index is 12.0. The Bertz CT molecular complexity index is 563. The largest absolute Gasteiger partial charge is 0.481 e. The summed E-state index contributed by atoms with van der Waals surface area (Å²) in [5.41, 5.74) is 0.397. The monoisotopic (exact) mass is 265 g/mol. The van der Waals surface area contributed by atoms with Crippen LogP contribution in [0.3, 0.4) is 0 Å². The SMILES string of the molecule is O=C(O)C1C2C(=O)N(c3cccc(Cl)c3)C(=O)C12. The molecule has 2 amide bonds. The Labute approximate surface area is 107 Å². The number of hydrogen-bond donors (Lipinski definition) is 1. The van der Waals surface area contributed by atoms with Crippen molar-refractivity contribution in [3.63, 3.8) is 0 Å². The molecule has 0 aromatic heterocycles. The minimum atomic E-state index is -1.09. The molecule has 1 N–H and O–H groups in total. The van der Waals surface area contributed by atoms with Crippen LogP contribution in [0.2, 0.25) is 5.02 Å². The fourth-order valence-corrected chi connectivity index (χ4v) is 2.69. The number of anilines is 1. The molecule has 2 fully saturated rings. The third kappa shape index (κ3) is 1.37. The van der Waals surface area contributed by atoms with E-state index in [0.717, 1.165) is 4.90 Å². The van der Waals surface area contributed by atoms with E-state index in [9.17, 15) is 14.4 Å². The summed E-state index contributed by atoms with van der Waals surface area (Å²) in [6.07, 6.45) is 0. The molecule has 0 radical (unpaired) electrons. The Balaban J connectivity index is 1.93. The minimum absolute atomic E-state index is 0.397. The van der Waals surface area contributed by atoms with Crippen molar-refractivity contribution in [3.8, 4) is 0 Å². The number of benzene rings is 1. The summed E-state index contributed by atoms with van der Waals surface area (Å²) in [6.45, 7) is 0. The Hall–Kier alpha value is -1.88. The molecule has 1 aliphatic heterocycles. The fourth-order valence-electron chi connectivity index (χ4n) is 2.51. The molecule has 1 aliphatic carbocycles. The van der Waals surface area contributed by atoms with Crippen LogP contribution >= 0.6 is 11.6 Å². The zero-order valence-corrected chi connectivity index (χ0v) is 9.79. The third-order valence-corrected chi connectivity index (χ3v) is 3.62. The topological polar surface area (TPSA) is 74.7 Å². The van der Waals surface area contributed by atoms with Crippen molar-refractivity contribution in [2.75, 3.05) is 4.90 Å². The molecule has 0 bridgehead atoms. The number of carbonyl (C=O) groups is 3. The van der Waals surface area contributed by atoms with E-state index in [-0.39, 0.29) is 0 Å². The quantitative estimate of drug-likeness (QED) is 0.814. The number of carboxylic acids is 1. The Morgan fingerprint density at radius 2 is 1.83 bits per heavy atom. The molecule has 1 aromatic rings. The maximum atomic E-state index is 12.0. The predicted molar refractivity (Wildman–Crippen MR) is 62.1 cm³/mol. The second kappa shape index (κ2) is 3.55. The summed E-state index contributed by atoms with van der Waals surface area (Å²) in [5, 5.41) is 9.27. The van der Waals surface area contributed by atoms with Gasteiger partial charge in [-0.05, 0) is 18.2 Å². The zero-order valence-electron chi connectivity index (χ0n) is 9.04. The maximum Gasteiger partial charge on any atom is 0.308 e. The molecule has 92 valence electrons. The van der Waals surface area contributed by atoms with E-state index < -0.39 is 35.5 Å². The molecular weight excluding hydrogens is 258 g/mol. The average Bonchev–Trinajstić information content (AvgIpc) is 2.98. The van der Waals surface area contributed by atoms with E-state index >= 15 is 0 Å². The van der Waals surface area contributed by atoms with Gasteiger partial charge < -0.3 is 5.11 Å². The van der Waals surface area contributed by atoms with Crippen molar-refractivity contribution < 1.29 is 19.5 Å². The van der Waals surface area contributed by atoms with Crippen molar-refractivity contribution in [3.05, 3.63) is 29.3 Å². The number of rotatable bonds is 2. The standard InChI is InChI=1S/C12H8ClNO4/c13-5-2-1-3-6(4-5)14-10(15)7-8(11(14)16)9(7)12(17)18/h1-4,7-9H,(H,17,18). The molecule has 1 heterocycles. The highest BCUT2D eigenvalue weighted by Gasteiger charge is 2.70. The van der Waals surface area contributed by atoms with E-state index in [2.05, 4.69) is 0 Å². The van der Waals surface area contributed by atoms with Crippen LogP contribution in [0.1, 0.15) is 0 Å². The van der Waals surface area contributed by atoms with Gasteiger partial charge in [0.2, 0.25) is 11.8 Å². The van der Waals surface area contributed by atoms with Gasteiger partial charge in [0.05, 0.1) is 23.4 Å². The van der Waals surface area contributed by atoms with Gasteiger partial charge in [-0.2, -0.15) is 0 Å². The van der Waals surface area contributed by atoms with Gasteiger partial charge in [-0.15, -0.1) is 0 Å². The van der Waals surface area contributed by atoms with Crippen molar-refractivity contribution in [1.82, 2.24) is 0 Å². The summed E-state index contributed by atoms with van der Waals surface area (Å²) < 4.78 is 0. The molecule has 2 aliphatic rings. The summed E-state index contributed by atoms with van der Waals surface area (Å²) in [6, 6.07) is 6.38. The number of amides is 2. The molecule has 1 saturated carbocycles.